The standard InChI is InChI=1S/C20H21BrN4O3/c1-22-18-17(19(27)23-2)25(11-13-5-3-7-15(21)9-13)20(24-18)28-16-8-4-6-14(10-16)12-26/h3-9,12,16,22H,10-11H2,1-2H3,(H,23,27). The van der Waals surface area contributed by atoms with Crippen molar-refractivity contribution in [2.24, 2.45) is 0 Å². The molecule has 1 aromatic carbocycles. The van der Waals surface area contributed by atoms with E-state index in [1.165, 1.54) is 0 Å². The first-order valence-corrected chi connectivity index (χ1v) is 9.59. The number of hydrogen-bond donors (Lipinski definition) is 2. The van der Waals surface area contributed by atoms with Gasteiger partial charge in [0.1, 0.15) is 12.4 Å². The van der Waals surface area contributed by atoms with E-state index in [1.54, 1.807) is 30.8 Å². The number of nitrogens with one attached hydrogen (secondary N) is 2. The Morgan fingerprint density at radius 3 is 2.93 bits per heavy atom. The van der Waals surface area contributed by atoms with Crippen LogP contribution in [0.4, 0.5) is 5.82 Å². The second kappa shape index (κ2) is 8.88. The van der Waals surface area contributed by atoms with E-state index >= 15 is 0 Å². The van der Waals surface area contributed by atoms with Crippen LogP contribution >= 0.6 is 15.9 Å². The first-order valence-electron chi connectivity index (χ1n) is 8.79. The van der Waals surface area contributed by atoms with Crippen molar-refractivity contribution in [1.82, 2.24) is 14.9 Å². The molecule has 7 nitrogen and oxygen atoms in total. The number of carbonyl (C=O) groups excluding carboxylic acids is 2. The summed E-state index contributed by atoms with van der Waals surface area (Å²) < 4.78 is 8.75. The highest BCUT2D eigenvalue weighted by atomic mass is 79.9. The molecule has 3 rings (SSSR count). The van der Waals surface area contributed by atoms with E-state index in [-0.39, 0.29) is 12.0 Å². The number of halogens is 1. The summed E-state index contributed by atoms with van der Waals surface area (Å²) in [7, 11) is 3.28. The Kier molecular flexibility index (Phi) is 6.30. The molecular weight excluding hydrogens is 424 g/mol. The summed E-state index contributed by atoms with van der Waals surface area (Å²) >= 11 is 3.47. The number of imidazole rings is 1. The lowest BCUT2D eigenvalue weighted by atomic mass is 10.0. The van der Waals surface area contributed by atoms with E-state index < -0.39 is 0 Å². The van der Waals surface area contributed by atoms with Crippen molar-refractivity contribution in [3.63, 3.8) is 0 Å². The van der Waals surface area contributed by atoms with Crippen LogP contribution in [-0.2, 0) is 11.3 Å². The van der Waals surface area contributed by atoms with Gasteiger partial charge in [-0.15, -0.1) is 0 Å². The monoisotopic (exact) mass is 444 g/mol. The molecule has 28 heavy (non-hydrogen) atoms. The van der Waals surface area contributed by atoms with Gasteiger partial charge >= 0.3 is 0 Å². The molecule has 2 N–H and O–H groups in total. The van der Waals surface area contributed by atoms with Crippen LogP contribution in [-0.4, -0.2) is 41.9 Å². The number of aldehydes is 1. The highest BCUT2D eigenvalue weighted by Crippen LogP contribution is 2.27. The number of ether oxygens (including phenoxy) is 1. The lowest BCUT2D eigenvalue weighted by Gasteiger charge is -2.19. The van der Waals surface area contributed by atoms with Crippen molar-refractivity contribution in [2.45, 2.75) is 19.1 Å². The molecule has 146 valence electrons. The molecule has 0 saturated heterocycles. The number of carbonyl (C=O) groups is 2. The zero-order valence-corrected chi connectivity index (χ0v) is 17.2. The van der Waals surface area contributed by atoms with Crippen molar-refractivity contribution in [3.05, 3.63) is 63.8 Å². The van der Waals surface area contributed by atoms with Crippen LogP contribution in [0, 0.1) is 0 Å². The third-order valence-corrected chi connectivity index (χ3v) is 4.82. The fourth-order valence-corrected chi connectivity index (χ4v) is 3.43. The number of benzene rings is 1. The average Bonchev–Trinajstić information content (AvgIpc) is 3.04. The Labute approximate surface area is 171 Å². The number of allylic oxidation sites excluding steroid dienone is 2. The molecule has 0 fully saturated rings. The second-order valence-corrected chi connectivity index (χ2v) is 7.16. The van der Waals surface area contributed by atoms with Crippen LogP contribution < -0.4 is 15.4 Å². The van der Waals surface area contributed by atoms with Gasteiger partial charge in [-0.05, 0) is 29.3 Å². The molecule has 0 spiro atoms. The molecule has 0 saturated carbocycles. The number of aromatic nitrogens is 2. The fourth-order valence-electron chi connectivity index (χ4n) is 2.99. The maximum Gasteiger partial charge on any atom is 0.299 e. The van der Waals surface area contributed by atoms with E-state index in [2.05, 4.69) is 31.5 Å². The topological polar surface area (TPSA) is 85.2 Å². The Morgan fingerprint density at radius 1 is 1.43 bits per heavy atom. The van der Waals surface area contributed by atoms with Gasteiger partial charge in [0.25, 0.3) is 11.9 Å². The Balaban J connectivity index is 1.99. The summed E-state index contributed by atoms with van der Waals surface area (Å²) in [6.07, 6.45) is 6.35. The lowest BCUT2D eigenvalue weighted by molar-refractivity contribution is -0.105. The summed E-state index contributed by atoms with van der Waals surface area (Å²) in [5.41, 5.74) is 2.01. The molecule has 1 atom stereocenters. The number of amides is 1. The summed E-state index contributed by atoms with van der Waals surface area (Å²) in [5.74, 6) is 0.157. The first kappa shape index (κ1) is 19.9. The number of nitrogens with zero attached hydrogens (tertiary/aromatic N) is 2. The van der Waals surface area contributed by atoms with Gasteiger partial charge in [-0.2, -0.15) is 4.98 Å². The second-order valence-electron chi connectivity index (χ2n) is 6.24. The lowest BCUT2D eigenvalue weighted by Crippen LogP contribution is -2.24. The zero-order valence-electron chi connectivity index (χ0n) is 15.6. The molecule has 1 aromatic heterocycles. The van der Waals surface area contributed by atoms with Gasteiger partial charge in [0.15, 0.2) is 11.5 Å². The predicted molar refractivity (Wildman–Crippen MR) is 111 cm³/mol. The highest BCUT2D eigenvalue weighted by Gasteiger charge is 2.25. The van der Waals surface area contributed by atoms with Gasteiger partial charge in [-0.25, -0.2) is 0 Å². The van der Waals surface area contributed by atoms with Crippen molar-refractivity contribution in [1.29, 1.82) is 0 Å². The van der Waals surface area contributed by atoms with Crippen molar-refractivity contribution < 1.29 is 14.3 Å². The molecule has 1 aliphatic carbocycles. The number of rotatable bonds is 7. The number of anilines is 1. The Bertz CT molecular complexity index is 949. The minimum atomic E-state index is -0.337. The molecular formula is C20H21BrN4O3. The van der Waals surface area contributed by atoms with Crippen LogP contribution in [0.25, 0.3) is 0 Å². The van der Waals surface area contributed by atoms with Gasteiger partial charge in [-0.1, -0.05) is 40.2 Å². The van der Waals surface area contributed by atoms with E-state index in [9.17, 15) is 9.59 Å². The van der Waals surface area contributed by atoms with Gasteiger partial charge in [-0.3, -0.25) is 14.2 Å². The first-order chi connectivity index (χ1) is 13.5. The average molecular weight is 445 g/mol. The van der Waals surface area contributed by atoms with Crippen LogP contribution in [0.1, 0.15) is 22.5 Å². The van der Waals surface area contributed by atoms with E-state index in [0.717, 1.165) is 16.3 Å². The van der Waals surface area contributed by atoms with Gasteiger partial charge < -0.3 is 15.4 Å². The van der Waals surface area contributed by atoms with Crippen LogP contribution in [0.3, 0.4) is 0 Å². The van der Waals surface area contributed by atoms with Crippen molar-refractivity contribution >= 4 is 33.9 Å². The maximum absolute atomic E-state index is 12.5. The van der Waals surface area contributed by atoms with Crippen molar-refractivity contribution in [2.75, 3.05) is 19.4 Å². The highest BCUT2D eigenvalue weighted by molar-refractivity contribution is 9.10. The SMILES string of the molecule is CNC(=O)c1c(NC)nc(OC2C=CC=C(C=O)C2)n1Cc1cccc(Br)c1. The van der Waals surface area contributed by atoms with Gasteiger partial charge in [0.2, 0.25) is 0 Å². The van der Waals surface area contributed by atoms with Gasteiger partial charge in [0, 0.05) is 25.0 Å². The molecule has 0 aliphatic heterocycles. The quantitative estimate of drug-likeness (QED) is 0.641. The molecule has 0 radical (unpaired) electrons. The normalized spacial score (nSPS) is 15.7. The van der Waals surface area contributed by atoms with Crippen molar-refractivity contribution in [3.8, 4) is 6.01 Å². The summed E-state index contributed by atoms with van der Waals surface area (Å²) in [6, 6.07) is 8.12. The minimum Gasteiger partial charge on any atom is -0.457 e. The van der Waals surface area contributed by atoms with E-state index in [4.69, 9.17) is 4.74 Å². The van der Waals surface area contributed by atoms with Crippen LogP contribution in [0.15, 0.2) is 52.5 Å². The zero-order chi connectivity index (χ0) is 20.1. The summed E-state index contributed by atoms with van der Waals surface area (Å²) in [6.45, 7) is 0.402. The molecule has 1 unspecified atom stereocenters. The van der Waals surface area contributed by atoms with E-state index in [0.29, 0.717) is 36.1 Å². The summed E-state index contributed by atoms with van der Waals surface area (Å²) in [4.78, 5) is 28.1. The molecule has 2 aromatic rings. The molecule has 1 aliphatic rings. The van der Waals surface area contributed by atoms with Crippen LogP contribution in [0.5, 0.6) is 6.01 Å². The van der Waals surface area contributed by atoms with Gasteiger partial charge in [0.05, 0.1) is 6.54 Å². The van der Waals surface area contributed by atoms with E-state index in [1.807, 2.05) is 30.3 Å². The Morgan fingerprint density at radius 2 is 2.25 bits per heavy atom. The molecule has 8 heteroatoms. The smallest absolute Gasteiger partial charge is 0.299 e. The molecule has 0 bridgehead atoms. The fraction of sp³-hybridized carbons (Fsp3) is 0.250. The largest absolute Gasteiger partial charge is 0.457 e. The number of hydrogen-bond acceptors (Lipinski definition) is 5. The third kappa shape index (κ3) is 4.33. The third-order valence-electron chi connectivity index (χ3n) is 4.32. The minimum absolute atomic E-state index is 0.269. The predicted octanol–water partition coefficient (Wildman–Crippen LogP) is 2.93. The summed E-state index contributed by atoms with van der Waals surface area (Å²) in [5, 5.41) is 5.61. The van der Waals surface area contributed by atoms with Crippen LogP contribution in [0.2, 0.25) is 0 Å². The Hall–Kier alpha value is -2.87. The molecule has 1 amide bonds. The maximum atomic E-state index is 12.5. The molecule has 1 heterocycles.